The summed E-state index contributed by atoms with van der Waals surface area (Å²) in [6.45, 7) is -0.470. The quantitative estimate of drug-likeness (QED) is 0.580. The molecular weight excluding hydrogens is 401 g/mol. The van der Waals surface area contributed by atoms with Gasteiger partial charge in [-0.05, 0) is 52.6 Å². The minimum atomic E-state index is -1.08. The van der Waals surface area contributed by atoms with Gasteiger partial charge in [0.25, 0.3) is 0 Å². The smallest absolute Gasteiger partial charge is 0.341 e. The van der Waals surface area contributed by atoms with Crippen LogP contribution in [0, 0.1) is 0 Å². The Morgan fingerprint density at radius 1 is 0.964 bits per heavy atom. The number of benzene rings is 2. The third-order valence-corrected chi connectivity index (χ3v) is 4.82. The number of halogens is 2. The molecule has 0 atom stereocenters. The fourth-order valence-electron chi connectivity index (χ4n) is 2.79. The number of aliphatic carboxylic acids is 1. The molecule has 5 nitrogen and oxygen atoms in total. The van der Waals surface area contributed by atoms with E-state index in [0.717, 1.165) is 16.7 Å². The molecule has 144 valence electrons. The second-order valence-corrected chi connectivity index (χ2v) is 7.03. The van der Waals surface area contributed by atoms with Gasteiger partial charge >= 0.3 is 5.97 Å². The summed E-state index contributed by atoms with van der Waals surface area (Å²) < 4.78 is 5.13. The van der Waals surface area contributed by atoms with Crippen LogP contribution in [0.4, 0.5) is 0 Å². The number of ether oxygens (including phenoxy) is 1. The van der Waals surface area contributed by atoms with Crippen molar-refractivity contribution in [1.29, 1.82) is 0 Å². The van der Waals surface area contributed by atoms with Crippen molar-refractivity contribution in [1.82, 2.24) is 4.98 Å². The summed E-state index contributed by atoms with van der Waals surface area (Å²) in [6, 6.07) is 12.3. The summed E-state index contributed by atoms with van der Waals surface area (Å²) in [7, 11) is 0. The molecule has 0 radical (unpaired) electrons. The topological polar surface area (TPSA) is 79.7 Å². The molecule has 0 fully saturated rings. The molecule has 28 heavy (non-hydrogen) atoms. The summed E-state index contributed by atoms with van der Waals surface area (Å²) in [5.41, 5.74) is 3.47. The van der Waals surface area contributed by atoms with Gasteiger partial charge in [-0.2, -0.15) is 0 Å². The van der Waals surface area contributed by atoms with Crippen molar-refractivity contribution in [3.05, 3.63) is 87.2 Å². The lowest BCUT2D eigenvalue weighted by Gasteiger charge is -2.12. The zero-order valence-electron chi connectivity index (χ0n) is 14.7. The van der Waals surface area contributed by atoms with Gasteiger partial charge in [0.15, 0.2) is 6.61 Å². The van der Waals surface area contributed by atoms with Crippen LogP contribution in [-0.4, -0.2) is 27.8 Å². The Morgan fingerprint density at radius 3 is 2.29 bits per heavy atom. The SMILES string of the molecule is O=C(O)COc1cc(Cl)c(Cc2ccc(O)c(Cc3ccncc3)c2)c(Cl)c1. The van der Waals surface area contributed by atoms with Gasteiger partial charge < -0.3 is 14.9 Å². The molecule has 0 bridgehead atoms. The van der Waals surface area contributed by atoms with E-state index in [9.17, 15) is 9.90 Å². The summed E-state index contributed by atoms with van der Waals surface area (Å²) in [6.07, 6.45) is 4.46. The van der Waals surface area contributed by atoms with Crippen molar-refractivity contribution in [2.24, 2.45) is 0 Å². The van der Waals surface area contributed by atoms with Crippen molar-refractivity contribution in [2.75, 3.05) is 6.61 Å². The van der Waals surface area contributed by atoms with Gasteiger partial charge in [0.1, 0.15) is 11.5 Å². The first-order chi connectivity index (χ1) is 13.4. The van der Waals surface area contributed by atoms with E-state index in [1.807, 2.05) is 24.3 Å². The first kappa shape index (κ1) is 20.0. The molecule has 0 spiro atoms. The molecule has 0 amide bonds. The van der Waals surface area contributed by atoms with Crippen LogP contribution in [0.15, 0.2) is 54.9 Å². The average Bonchev–Trinajstić information content (AvgIpc) is 2.66. The maximum atomic E-state index is 10.6. The van der Waals surface area contributed by atoms with Gasteiger partial charge in [-0.25, -0.2) is 4.79 Å². The zero-order valence-corrected chi connectivity index (χ0v) is 16.2. The van der Waals surface area contributed by atoms with E-state index < -0.39 is 12.6 Å². The number of aromatic hydroxyl groups is 1. The largest absolute Gasteiger partial charge is 0.508 e. The number of nitrogens with zero attached hydrogens (tertiary/aromatic N) is 1. The van der Waals surface area contributed by atoms with E-state index in [4.69, 9.17) is 33.0 Å². The van der Waals surface area contributed by atoms with Crippen LogP contribution in [-0.2, 0) is 17.6 Å². The van der Waals surface area contributed by atoms with Crippen LogP contribution in [0.2, 0.25) is 10.0 Å². The van der Waals surface area contributed by atoms with E-state index in [2.05, 4.69) is 4.98 Å². The van der Waals surface area contributed by atoms with Gasteiger partial charge in [-0.15, -0.1) is 0 Å². The molecule has 1 aromatic heterocycles. The minimum absolute atomic E-state index is 0.218. The van der Waals surface area contributed by atoms with Crippen LogP contribution < -0.4 is 4.74 Å². The van der Waals surface area contributed by atoms with Gasteiger partial charge in [-0.1, -0.05) is 35.3 Å². The predicted octanol–water partition coefficient (Wildman–Crippen LogP) is 4.74. The lowest BCUT2D eigenvalue weighted by molar-refractivity contribution is -0.139. The molecule has 0 aliphatic rings. The maximum absolute atomic E-state index is 10.6. The fraction of sp³-hybridized carbons (Fsp3) is 0.143. The zero-order chi connectivity index (χ0) is 20.1. The summed E-state index contributed by atoms with van der Waals surface area (Å²) in [5.74, 6) is -0.567. The lowest BCUT2D eigenvalue weighted by atomic mass is 9.98. The Hall–Kier alpha value is -2.76. The van der Waals surface area contributed by atoms with Gasteiger partial charge in [0.2, 0.25) is 0 Å². The number of carbonyl (C=O) groups is 1. The fourth-order valence-corrected chi connectivity index (χ4v) is 3.39. The van der Waals surface area contributed by atoms with E-state index in [-0.39, 0.29) is 5.75 Å². The number of aromatic nitrogens is 1. The molecule has 0 aliphatic heterocycles. The van der Waals surface area contributed by atoms with Crippen LogP contribution >= 0.6 is 23.2 Å². The van der Waals surface area contributed by atoms with Gasteiger partial charge in [0.05, 0.1) is 0 Å². The molecule has 3 aromatic rings. The average molecular weight is 418 g/mol. The molecule has 0 saturated carbocycles. The summed E-state index contributed by atoms with van der Waals surface area (Å²) in [5, 5.41) is 19.7. The predicted molar refractivity (Wildman–Crippen MR) is 108 cm³/mol. The van der Waals surface area contributed by atoms with E-state index in [1.165, 1.54) is 0 Å². The first-order valence-electron chi connectivity index (χ1n) is 8.44. The second-order valence-electron chi connectivity index (χ2n) is 6.22. The summed E-state index contributed by atoms with van der Waals surface area (Å²) >= 11 is 12.7. The number of phenols is 1. The van der Waals surface area contributed by atoms with Crippen molar-refractivity contribution >= 4 is 29.2 Å². The molecule has 7 heteroatoms. The van der Waals surface area contributed by atoms with Gasteiger partial charge in [-0.3, -0.25) is 4.98 Å². The van der Waals surface area contributed by atoms with E-state index in [1.54, 1.807) is 30.6 Å². The number of phenolic OH excluding ortho intramolecular Hbond substituents is 1. The Labute approximate surface area is 172 Å². The molecule has 2 N–H and O–H groups in total. The molecule has 1 heterocycles. The Morgan fingerprint density at radius 2 is 1.64 bits per heavy atom. The number of rotatable bonds is 7. The van der Waals surface area contributed by atoms with Crippen molar-refractivity contribution < 1.29 is 19.7 Å². The van der Waals surface area contributed by atoms with Crippen molar-refractivity contribution in [3.8, 4) is 11.5 Å². The number of carboxylic acid groups (broad SMARTS) is 1. The summed E-state index contributed by atoms with van der Waals surface area (Å²) in [4.78, 5) is 14.6. The highest BCUT2D eigenvalue weighted by atomic mass is 35.5. The monoisotopic (exact) mass is 417 g/mol. The highest BCUT2D eigenvalue weighted by molar-refractivity contribution is 6.36. The minimum Gasteiger partial charge on any atom is -0.508 e. The molecule has 0 saturated heterocycles. The van der Waals surface area contributed by atoms with Crippen molar-refractivity contribution in [2.45, 2.75) is 12.8 Å². The van der Waals surface area contributed by atoms with E-state index >= 15 is 0 Å². The number of pyridine rings is 1. The normalized spacial score (nSPS) is 10.6. The molecular formula is C21H17Cl2NO4. The highest BCUT2D eigenvalue weighted by Crippen LogP contribution is 2.33. The Kier molecular flexibility index (Phi) is 6.39. The Balaban J connectivity index is 1.81. The van der Waals surface area contributed by atoms with E-state index in [0.29, 0.717) is 34.2 Å². The standard InChI is InChI=1S/C21H17Cl2NO4/c22-18-10-16(28-12-21(26)27)11-19(23)17(18)9-14-1-2-20(25)15(8-14)7-13-3-5-24-6-4-13/h1-6,8,10-11,25H,7,9,12H2,(H,26,27). The number of hydrogen-bond donors (Lipinski definition) is 2. The van der Waals surface area contributed by atoms with Gasteiger partial charge in [0, 0.05) is 35.3 Å². The van der Waals surface area contributed by atoms with Crippen LogP contribution in [0.1, 0.15) is 22.3 Å². The Bertz CT molecular complexity index is 970. The third kappa shape index (κ3) is 5.15. The molecule has 2 aromatic carbocycles. The number of carboxylic acids is 1. The molecule has 0 aliphatic carbocycles. The second kappa shape index (κ2) is 8.95. The van der Waals surface area contributed by atoms with Crippen LogP contribution in [0.5, 0.6) is 11.5 Å². The van der Waals surface area contributed by atoms with Crippen molar-refractivity contribution in [3.63, 3.8) is 0 Å². The molecule has 3 rings (SSSR count). The lowest BCUT2D eigenvalue weighted by Crippen LogP contribution is -2.09. The molecule has 0 unspecified atom stereocenters. The third-order valence-electron chi connectivity index (χ3n) is 4.15. The van der Waals surface area contributed by atoms with Crippen LogP contribution in [0.25, 0.3) is 0 Å². The first-order valence-corrected chi connectivity index (χ1v) is 9.20. The highest BCUT2D eigenvalue weighted by Gasteiger charge is 2.12. The van der Waals surface area contributed by atoms with Crippen LogP contribution in [0.3, 0.4) is 0 Å². The number of hydrogen-bond acceptors (Lipinski definition) is 4. The maximum Gasteiger partial charge on any atom is 0.341 e.